The zero-order valence-corrected chi connectivity index (χ0v) is 17.8. The predicted octanol–water partition coefficient (Wildman–Crippen LogP) is 4.06. The van der Waals surface area contributed by atoms with E-state index in [4.69, 9.17) is 4.74 Å². The lowest BCUT2D eigenvalue weighted by Crippen LogP contribution is -2.37. The number of carbonyl (C=O) groups excluding carboxylic acids is 1. The molecular weight excluding hydrogens is 396 g/mol. The number of piperidine rings is 1. The van der Waals surface area contributed by atoms with Gasteiger partial charge in [0.1, 0.15) is 5.69 Å². The molecule has 0 aliphatic carbocycles. The van der Waals surface area contributed by atoms with Crippen molar-refractivity contribution in [2.24, 2.45) is 0 Å². The molecule has 2 aromatic rings. The normalized spacial score (nSPS) is 19.2. The van der Waals surface area contributed by atoms with E-state index in [2.05, 4.69) is 17.1 Å². The summed E-state index contributed by atoms with van der Waals surface area (Å²) in [6, 6.07) is 12.9. The van der Waals surface area contributed by atoms with Gasteiger partial charge in [-0.05, 0) is 62.6 Å². The summed E-state index contributed by atoms with van der Waals surface area (Å²) in [7, 11) is 0. The average Bonchev–Trinajstić information content (AvgIpc) is 2.80. The number of hydrogen-bond acceptors (Lipinski definition) is 6. The Kier molecular flexibility index (Phi) is 6.36. The highest BCUT2D eigenvalue weighted by Gasteiger charge is 2.23. The number of hydrogen-bond donors (Lipinski definition) is 1. The smallest absolute Gasteiger partial charge is 0.293 e. The molecule has 8 heteroatoms. The van der Waals surface area contributed by atoms with Crippen LogP contribution in [0.5, 0.6) is 0 Å². The molecule has 2 heterocycles. The summed E-state index contributed by atoms with van der Waals surface area (Å²) in [5, 5.41) is 14.5. The van der Waals surface area contributed by atoms with Crippen LogP contribution in [0, 0.1) is 10.1 Å². The molecule has 2 saturated heterocycles. The average molecular weight is 425 g/mol. The van der Waals surface area contributed by atoms with E-state index in [1.165, 1.54) is 25.3 Å². The maximum Gasteiger partial charge on any atom is 0.293 e. The van der Waals surface area contributed by atoms with Gasteiger partial charge >= 0.3 is 0 Å². The lowest BCUT2D eigenvalue weighted by atomic mass is 10.0. The molecular formula is C23H28N4O4. The molecule has 31 heavy (non-hydrogen) atoms. The van der Waals surface area contributed by atoms with Crippen LogP contribution < -0.4 is 15.1 Å². The van der Waals surface area contributed by atoms with Gasteiger partial charge in [-0.3, -0.25) is 14.9 Å². The third-order valence-electron chi connectivity index (χ3n) is 6.05. The Morgan fingerprint density at radius 1 is 1.10 bits per heavy atom. The molecule has 0 saturated carbocycles. The van der Waals surface area contributed by atoms with Gasteiger partial charge in [0.25, 0.3) is 11.6 Å². The molecule has 2 aliphatic rings. The first-order valence-electron chi connectivity index (χ1n) is 10.8. The third kappa shape index (κ3) is 4.80. The highest BCUT2D eigenvalue weighted by molar-refractivity contribution is 6.05. The Morgan fingerprint density at radius 3 is 2.52 bits per heavy atom. The van der Waals surface area contributed by atoms with Crippen molar-refractivity contribution in [1.29, 1.82) is 0 Å². The number of nitrogens with one attached hydrogen (secondary N) is 1. The van der Waals surface area contributed by atoms with Crippen LogP contribution in [-0.2, 0) is 4.74 Å². The first-order chi connectivity index (χ1) is 15.0. The summed E-state index contributed by atoms with van der Waals surface area (Å²) in [4.78, 5) is 28.2. The van der Waals surface area contributed by atoms with Crippen molar-refractivity contribution in [3.63, 3.8) is 0 Å². The molecule has 2 fully saturated rings. The molecule has 0 spiro atoms. The summed E-state index contributed by atoms with van der Waals surface area (Å²) in [5.74, 6) is -0.365. The molecule has 1 atom stereocenters. The number of nitrogens with zero attached hydrogens (tertiary/aromatic N) is 3. The van der Waals surface area contributed by atoms with Crippen LogP contribution in [-0.4, -0.2) is 49.7 Å². The minimum Gasteiger partial charge on any atom is -0.378 e. The van der Waals surface area contributed by atoms with E-state index in [0.29, 0.717) is 43.7 Å². The molecule has 1 N–H and O–H groups in total. The highest BCUT2D eigenvalue weighted by atomic mass is 16.6. The second-order valence-electron chi connectivity index (χ2n) is 8.10. The number of anilines is 3. The maximum absolute atomic E-state index is 12.7. The lowest BCUT2D eigenvalue weighted by molar-refractivity contribution is -0.384. The Bertz CT molecular complexity index is 941. The molecule has 4 rings (SSSR count). The number of rotatable bonds is 5. The quantitative estimate of drug-likeness (QED) is 0.575. The van der Waals surface area contributed by atoms with E-state index >= 15 is 0 Å². The van der Waals surface area contributed by atoms with E-state index in [-0.39, 0.29) is 17.2 Å². The minimum absolute atomic E-state index is 0.0658. The van der Waals surface area contributed by atoms with Crippen LogP contribution in [0.15, 0.2) is 42.5 Å². The zero-order valence-electron chi connectivity index (χ0n) is 17.8. The number of morpholine rings is 1. The van der Waals surface area contributed by atoms with Gasteiger partial charge in [-0.2, -0.15) is 0 Å². The van der Waals surface area contributed by atoms with E-state index in [1.54, 1.807) is 12.1 Å². The Hall–Kier alpha value is -3.13. The fourth-order valence-corrected chi connectivity index (χ4v) is 4.30. The van der Waals surface area contributed by atoms with Crippen molar-refractivity contribution in [1.82, 2.24) is 0 Å². The van der Waals surface area contributed by atoms with Crippen LogP contribution in [0.2, 0.25) is 0 Å². The van der Waals surface area contributed by atoms with E-state index < -0.39 is 4.92 Å². The Balaban J connectivity index is 1.48. The van der Waals surface area contributed by atoms with Crippen molar-refractivity contribution in [3.05, 3.63) is 58.1 Å². The van der Waals surface area contributed by atoms with E-state index in [0.717, 1.165) is 12.2 Å². The predicted molar refractivity (Wildman–Crippen MR) is 121 cm³/mol. The monoisotopic (exact) mass is 424 g/mol. The van der Waals surface area contributed by atoms with Crippen molar-refractivity contribution < 1.29 is 14.5 Å². The van der Waals surface area contributed by atoms with Gasteiger partial charge in [0.15, 0.2) is 0 Å². The summed E-state index contributed by atoms with van der Waals surface area (Å²) < 4.78 is 5.32. The second kappa shape index (κ2) is 9.34. The first-order valence-corrected chi connectivity index (χ1v) is 10.8. The molecule has 8 nitrogen and oxygen atoms in total. The number of nitro groups is 1. The fourth-order valence-electron chi connectivity index (χ4n) is 4.30. The van der Waals surface area contributed by atoms with E-state index in [1.807, 2.05) is 29.2 Å². The molecule has 1 amide bonds. The van der Waals surface area contributed by atoms with Gasteiger partial charge in [-0.25, -0.2) is 0 Å². The van der Waals surface area contributed by atoms with E-state index in [9.17, 15) is 14.9 Å². The van der Waals surface area contributed by atoms with Gasteiger partial charge in [-0.15, -0.1) is 0 Å². The topological polar surface area (TPSA) is 88.0 Å². The van der Waals surface area contributed by atoms with Crippen LogP contribution in [0.25, 0.3) is 0 Å². The summed E-state index contributed by atoms with van der Waals surface area (Å²) in [5.41, 5.74) is 2.53. The maximum atomic E-state index is 12.7. The summed E-state index contributed by atoms with van der Waals surface area (Å²) >= 11 is 0. The fraction of sp³-hybridized carbons (Fsp3) is 0.435. The molecule has 2 aromatic carbocycles. The van der Waals surface area contributed by atoms with Crippen molar-refractivity contribution in [3.8, 4) is 0 Å². The number of carbonyl (C=O) groups is 1. The zero-order chi connectivity index (χ0) is 21.8. The van der Waals surface area contributed by atoms with Crippen molar-refractivity contribution in [2.45, 2.75) is 32.2 Å². The molecule has 0 radical (unpaired) electrons. The Morgan fingerprint density at radius 2 is 1.84 bits per heavy atom. The van der Waals surface area contributed by atoms with Gasteiger partial charge in [0, 0.05) is 48.7 Å². The minimum atomic E-state index is -0.434. The molecule has 0 aromatic heterocycles. The summed E-state index contributed by atoms with van der Waals surface area (Å²) in [6.45, 7) is 5.54. The van der Waals surface area contributed by atoms with Crippen LogP contribution in [0.1, 0.15) is 36.5 Å². The van der Waals surface area contributed by atoms with Gasteiger partial charge in [0.2, 0.25) is 0 Å². The van der Waals surface area contributed by atoms with Gasteiger partial charge in [-0.1, -0.05) is 0 Å². The van der Waals surface area contributed by atoms with Gasteiger partial charge < -0.3 is 19.9 Å². The largest absolute Gasteiger partial charge is 0.378 e. The molecule has 0 bridgehead atoms. The SMILES string of the molecule is C[C@H]1CCCCN1c1ccc(NC(=O)c2ccc(N3CCOCC3)c([N+](=O)[O-])c2)cc1. The first kappa shape index (κ1) is 21.1. The molecule has 2 aliphatic heterocycles. The van der Waals surface area contributed by atoms with Gasteiger partial charge in [0.05, 0.1) is 18.1 Å². The highest BCUT2D eigenvalue weighted by Crippen LogP contribution is 2.30. The number of ether oxygens (including phenoxy) is 1. The summed E-state index contributed by atoms with van der Waals surface area (Å²) in [6.07, 6.45) is 3.65. The molecule has 0 unspecified atom stereocenters. The number of amides is 1. The standard InChI is InChI=1S/C23H28N4O4/c1-17-4-2-3-11-26(17)20-8-6-19(7-9-20)24-23(28)18-5-10-21(22(16-18)27(29)30)25-12-14-31-15-13-25/h5-10,16-17H,2-4,11-15H2,1H3,(H,24,28)/t17-/m0/s1. The van der Waals surface area contributed by atoms with Crippen molar-refractivity contribution in [2.75, 3.05) is 48.0 Å². The van der Waals surface area contributed by atoms with Crippen molar-refractivity contribution >= 4 is 28.7 Å². The lowest BCUT2D eigenvalue weighted by Gasteiger charge is -2.35. The molecule has 164 valence electrons. The van der Waals surface area contributed by atoms with Crippen LogP contribution in [0.4, 0.5) is 22.7 Å². The number of benzene rings is 2. The Labute approximate surface area is 181 Å². The number of nitro benzene ring substituents is 1. The third-order valence-corrected chi connectivity index (χ3v) is 6.05. The van der Waals surface area contributed by atoms with Crippen LogP contribution >= 0.6 is 0 Å². The second-order valence-corrected chi connectivity index (χ2v) is 8.10. The van der Waals surface area contributed by atoms with Crippen LogP contribution in [0.3, 0.4) is 0 Å².